The number of nitrogens with one attached hydrogen (secondary N) is 1. The number of carbonyl (C=O) groups excluding carboxylic acids is 2. The van der Waals surface area contributed by atoms with E-state index in [9.17, 15) is 24.8 Å². The number of rotatable bonds is 5. The number of urea groups is 1. The van der Waals surface area contributed by atoms with Crippen LogP contribution in [0.3, 0.4) is 0 Å². The topological polar surface area (TPSA) is 122 Å². The Kier molecular flexibility index (Phi) is 4.99. The molecule has 1 aliphatic heterocycles. The average Bonchev–Trinajstić information content (AvgIpc) is 2.91. The van der Waals surface area contributed by atoms with Crippen molar-refractivity contribution in [1.82, 2.24) is 10.2 Å². The number of nitrogens with zero attached hydrogens (tertiary/aromatic N) is 2. The Labute approximate surface area is 160 Å². The molecule has 28 heavy (non-hydrogen) atoms. The summed E-state index contributed by atoms with van der Waals surface area (Å²) in [7, 11) is 1.25. The molecule has 1 saturated heterocycles. The van der Waals surface area contributed by atoms with Crippen LogP contribution >= 0.6 is 0 Å². The number of phenols is 1. The van der Waals surface area contributed by atoms with Crippen molar-refractivity contribution in [2.24, 2.45) is 0 Å². The molecule has 3 rings (SSSR count). The van der Waals surface area contributed by atoms with Crippen molar-refractivity contribution >= 4 is 23.7 Å². The second-order valence-electron chi connectivity index (χ2n) is 6.21. The molecule has 3 amide bonds. The number of ether oxygens (including phenoxy) is 1. The number of hydrogen-bond acceptors (Lipinski definition) is 6. The summed E-state index contributed by atoms with van der Waals surface area (Å²) in [6.07, 6.45) is 1.30. The average molecular weight is 383 g/mol. The van der Waals surface area contributed by atoms with Crippen LogP contribution in [-0.2, 0) is 11.3 Å². The molecule has 2 aromatic rings. The van der Waals surface area contributed by atoms with Crippen molar-refractivity contribution in [3.8, 4) is 11.5 Å². The number of amides is 3. The second kappa shape index (κ2) is 7.39. The van der Waals surface area contributed by atoms with Crippen LogP contribution in [0.2, 0.25) is 0 Å². The van der Waals surface area contributed by atoms with Crippen LogP contribution in [0.25, 0.3) is 6.08 Å². The third kappa shape index (κ3) is 3.63. The van der Waals surface area contributed by atoms with E-state index in [2.05, 4.69) is 5.32 Å². The van der Waals surface area contributed by atoms with E-state index < -0.39 is 28.3 Å². The number of carbonyl (C=O) groups is 2. The molecule has 0 unspecified atom stereocenters. The maximum Gasteiger partial charge on any atom is 0.329 e. The smallest absolute Gasteiger partial charge is 0.329 e. The molecule has 0 atom stereocenters. The van der Waals surface area contributed by atoms with Crippen LogP contribution in [0.15, 0.2) is 42.1 Å². The van der Waals surface area contributed by atoms with Gasteiger partial charge < -0.3 is 15.2 Å². The standard InChI is InChI=1S/C19H17N3O6/c1-11-3-5-12(6-4-11)10-21-18(24)14(20-19(21)25)7-13-8-15(22(26)27)17(23)16(9-13)28-2/h3-9,23H,10H2,1-2H3,(H,20,25)/b14-7+. The highest BCUT2D eigenvalue weighted by molar-refractivity contribution is 6.13. The summed E-state index contributed by atoms with van der Waals surface area (Å²) >= 11 is 0. The zero-order valence-corrected chi connectivity index (χ0v) is 15.1. The number of nitro benzene ring substituents is 1. The first kappa shape index (κ1) is 18.9. The molecule has 1 aliphatic rings. The van der Waals surface area contributed by atoms with Crippen molar-refractivity contribution < 1.29 is 24.4 Å². The lowest BCUT2D eigenvalue weighted by Crippen LogP contribution is -2.30. The van der Waals surface area contributed by atoms with Gasteiger partial charge >= 0.3 is 11.7 Å². The summed E-state index contributed by atoms with van der Waals surface area (Å²) in [5, 5.41) is 23.4. The van der Waals surface area contributed by atoms with Crippen LogP contribution in [-0.4, -0.2) is 34.0 Å². The molecule has 0 bridgehead atoms. The van der Waals surface area contributed by atoms with Gasteiger partial charge in [-0.3, -0.25) is 19.8 Å². The molecule has 0 aromatic heterocycles. The third-order valence-corrected chi connectivity index (χ3v) is 4.23. The van der Waals surface area contributed by atoms with E-state index in [1.165, 1.54) is 19.3 Å². The predicted molar refractivity (Wildman–Crippen MR) is 99.6 cm³/mol. The van der Waals surface area contributed by atoms with E-state index >= 15 is 0 Å². The highest BCUT2D eigenvalue weighted by atomic mass is 16.6. The lowest BCUT2D eigenvalue weighted by molar-refractivity contribution is -0.386. The van der Waals surface area contributed by atoms with Crippen LogP contribution in [0.4, 0.5) is 10.5 Å². The Balaban J connectivity index is 1.90. The lowest BCUT2D eigenvalue weighted by Gasteiger charge is -2.11. The second-order valence-corrected chi connectivity index (χ2v) is 6.21. The van der Waals surface area contributed by atoms with Gasteiger partial charge in [0.2, 0.25) is 5.75 Å². The number of phenolic OH excluding ortho intramolecular Hbond substituents is 1. The molecule has 9 heteroatoms. The molecule has 0 radical (unpaired) electrons. The highest BCUT2D eigenvalue weighted by Crippen LogP contribution is 2.37. The number of nitro groups is 1. The van der Waals surface area contributed by atoms with Gasteiger partial charge in [0, 0.05) is 6.07 Å². The molecule has 0 spiro atoms. The molecule has 2 aromatic carbocycles. The minimum atomic E-state index is -0.765. The van der Waals surface area contributed by atoms with Crippen LogP contribution in [0, 0.1) is 17.0 Å². The summed E-state index contributed by atoms with van der Waals surface area (Å²) in [5.41, 5.74) is 1.47. The SMILES string of the molecule is COc1cc(/C=C2/NC(=O)N(Cc3ccc(C)cc3)C2=O)cc([N+](=O)[O-])c1O. The van der Waals surface area contributed by atoms with Gasteiger partial charge in [0.1, 0.15) is 5.70 Å². The van der Waals surface area contributed by atoms with Gasteiger partial charge in [-0.25, -0.2) is 4.79 Å². The van der Waals surface area contributed by atoms with Crippen molar-refractivity contribution in [3.05, 3.63) is 68.9 Å². The van der Waals surface area contributed by atoms with Gasteiger partial charge in [0.15, 0.2) is 5.75 Å². The van der Waals surface area contributed by atoms with Crippen molar-refractivity contribution in [3.63, 3.8) is 0 Å². The zero-order chi connectivity index (χ0) is 20.4. The number of benzene rings is 2. The summed E-state index contributed by atoms with van der Waals surface area (Å²) in [6, 6.07) is 9.25. The summed E-state index contributed by atoms with van der Waals surface area (Å²) in [6.45, 7) is 2.03. The number of aryl methyl sites for hydroxylation is 1. The molecule has 1 heterocycles. The lowest BCUT2D eigenvalue weighted by atomic mass is 10.1. The van der Waals surface area contributed by atoms with E-state index in [0.29, 0.717) is 0 Å². The summed E-state index contributed by atoms with van der Waals surface area (Å²) in [4.78, 5) is 36.2. The number of methoxy groups -OCH3 is 1. The fourth-order valence-corrected chi connectivity index (χ4v) is 2.75. The molecule has 2 N–H and O–H groups in total. The van der Waals surface area contributed by atoms with Gasteiger partial charge in [-0.05, 0) is 30.2 Å². The maximum absolute atomic E-state index is 12.6. The van der Waals surface area contributed by atoms with E-state index in [0.717, 1.165) is 22.1 Å². The molecular formula is C19H17N3O6. The third-order valence-electron chi connectivity index (χ3n) is 4.23. The van der Waals surface area contributed by atoms with Crippen LogP contribution in [0.5, 0.6) is 11.5 Å². The van der Waals surface area contributed by atoms with E-state index in [4.69, 9.17) is 4.74 Å². The fraction of sp³-hybridized carbons (Fsp3) is 0.158. The first-order valence-corrected chi connectivity index (χ1v) is 8.25. The summed E-state index contributed by atoms with van der Waals surface area (Å²) in [5.74, 6) is -1.29. The maximum atomic E-state index is 12.6. The van der Waals surface area contributed by atoms with Crippen molar-refractivity contribution in [2.75, 3.05) is 7.11 Å². The summed E-state index contributed by atoms with van der Waals surface area (Å²) < 4.78 is 4.93. The molecule has 1 fully saturated rings. The van der Waals surface area contributed by atoms with E-state index in [1.807, 2.05) is 31.2 Å². The first-order chi connectivity index (χ1) is 13.3. The number of aromatic hydroxyl groups is 1. The monoisotopic (exact) mass is 383 g/mol. The van der Waals surface area contributed by atoms with Gasteiger partial charge in [-0.1, -0.05) is 29.8 Å². The Bertz CT molecular complexity index is 997. The predicted octanol–water partition coefficient (Wildman–Crippen LogP) is 2.71. The van der Waals surface area contributed by atoms with Crippen LogP contribution < -0.4 is 10.1 Å². The van der Waals surface area contributed by atoms with Crippen molar-refractivity contribution in [1.29, 1.82) is 0 Å². The normalized spacial score (nSPS) is 15.1. The Morgan fingerprint density at radius 1 is 1.25 bits per heavy atom. The van der Waals surface area contributed by atoms with Crippen molar-refractivity contribution in [2.45, 2.75) is 13.5 Å². The quantitative estimate of drug-likeness (QED) is 0.354. The van der Waals surface area contributed by atoms with Gasteiger partial charge in [0.25, 0.3) is 5.91 Å². The number of imide groups is 1. The molecule has 0 saturated carbocycles. The number of hydrogen-bond donors (Lipinski definition) is 2. The minimum Gasteiger partial charge on any atom is -0.500 e. The van der Waals surface area contributed by atoms with Gasteiger partial charge in [-0.2, -0.15) is 0 Å². The first-order valence-electron chi connectivity index (χ1n) is 8.25. The fourth-order valence-electron chi connectivity index (χ4n) is 2.75. The van der Waals surface area contributed by atoms with E-state index in [1.54, 1.807) is 0 Å². The Morgan fingerprint density at radius 2 is 1.93 bits per heavy atom. The highest BCUT2D eigenvalue weighted by Gasteiger charge is 2.33. The molecule has 9 nitrogen and oxygen atoms in total. The molecular weight excluding hydrogens is 366 g/mol. The van der Waals surface area contributed by atoms with Gasteiger partial charge in [0.05, 0.1) is 18.6 Å². The Morgan fingerprint density at radius 3 is 2.54 bits per heavy atom. The molecule has 144 valence electrons. The van der Waals surface area contributed by atoms with E-state index in [-0.39, 0.29) is 23.6 Å². The van der Waals surface area contributed by atoms with Gasteiger partial charge in [-0.15, -0.1) is 0 Å². The Hall–Kier alpha value is -3.88. The van der Waals surface area contributed by atoms with Crippen LogP contribution in [0.1, 0.15) is 16.7 Å². The zero-order valence-electron chi connectivity index (χ0n) is 15.1. The molecule has 0 aliphatic carbocycles. The minimum absolute atomic E-state index is 0.0286. The largest absolute Gasteiger partial charge is 0.500 e.